The zero-order valence-electron chi connectivity index (χ0n) is 45.8. The maximum absolute atomic E-state index is 13.6. The van der Waals surface area contributed by atoms with Crippen molar-refractivity contribution in [3.63, 3.8) is 0 Å². The fourth-order valence-electron chi connectivity index (χ4n) is 8.91. The van der Waals surface area contributed by atoms with Gasteiger partial charge in [-0.05, 0) is 100 Å². The number of carboxylic acids is 1. The second-order valence-electron chi connectivity index (χ2n) is 20.7. The first-order valence-electron chi connectivity index (χ1n) is 26.2. The van der Waals surface area contributed by atoms with Crippen molar-refractivity contribution in [1.82, 2.24) is 60.3 Å². The summed E-state index contributed by atoms with van der Waals surface area (Å²) in [5, 5.41) is 40.5. The molecule has 418 valence electrons. The largest absolute Gasteiger partial charge is 0.478 e. The van der Waals surface area contributed by atoms with E-state index in [-0.39, 0.29) is 72.5 Å². The molecule has 0 bridgehead atoms. The quantitative estimate of drug-likeness (QED) is 0.0103. The Morgan fingerprint density at radius 1 is 0.873 bits per heavy atom. The highest BCUT2D eigenvalue weighted by atomic mass is 32.2. The zero-order valence-corrected chi connectivity index (χ0v) is 46.6. The number of amides is 5. The van der Waals surface area contributed by atoms with Crippen molar-refractivity contribution in [2.45, 2.75) is 89.7 Å². The maximum Gasteiger partial charge on any atom is 0.336 e. The number of nitrogens with zero attached hydrogens (tertiary/aromatic N) is 13. The first kappa shape index (κ1) is 58.5. The van der Waals surface area contributed by atoms with Crippen molar-refractivity contribution >= 4 is 63.9 Å². The fourth-order valence-corrected chi connectivity index (χ4v) is 9.90. The highest BCUT2D eigenvalue weighted by Gasteiger charge is 2.38. The van der Waals surface area contributed by atoms with Gasteiger partial charge < -0.3 is 30.4 Å². The van der Waals surface area contributed by atoms with Gasteiger partial charge in [0.25, 0.3) is 5.91 Å². The van der Waals surface area contributed by atoms with Crippen LogP contribution in [0.3, 0.4) is 0 Å². The van der Waals surface area contributed by atoms with Gasteiger partial charge in [0.1, 0.15) is 25.4 Å². The van der Waals surface area contributed by atoms with E-state index in [1.807, 2.05) is 91.1 Å². The number of carbonyl (C=O) groups is 6. The number of aromatic nitrogens is 6. The average molecular weight is 1100 g/mol. The summed E-state index contributed by atoms with van der Waals surface area (Å²) in [6.07, 6.45) is 5.98. The number of likely N-dealkylation sites (tertiary alicyclic amines) is 1. The highest BCUT2D eigenvalue weighted by Crippen LogP contribution is 2.42. The van der Waals surface area contributed by atoms with Crippen LogP contribution in [0.25, 0.3) is 43.9 Å². The van der Waals surface area contributed by atoms with E-state index in [1.54, 1.807) is 10.7 Å². The van der Waals surface area contributed by atoms with Gasteiger partial charge in [0.15, 0.2) is 0 Å². The third kappa shape index (κ3) is 15.8. The first-order valence-corrected chi connectivity index (χ1v) is 27.2. The molecule has 2 aliphatic heterocycles. The van der Waals surface area contributed by atoms with E-state index in [9.17, 15) is 33.9 Å². The van der Waals surface area contributed by atoms with Gasteiger partial charge in [-0.25, -0.2) is 14.1 Å². The third-order valence-electron chi connectivity index (χ3n) is 13.1. The third-order valence-corrected chi connectivity index (χ3v) is 14.3. The lowest BCUT2D eigenvalue weighted by atomic mass is 9.89. The van der Waals surface area contributed by atoms with E-state index in [4.69, 9.17) is 9.95 Å². The first-order chi connectivity index (χ1) is 37.8. The second kappa shape index (κ2) is 26.9. The fraction of sp³-hybridized carbons (Fsp3) is 0.463. The molecule has 2 aromatic carbocycles. The summed E-state index contributed by atoms with van der Waals surface area (Å²) in [6.45, 7) is 9.56. The van der Waals surface area contributed by atoms with E-state index in [1.165, 1.54) is 12.1 Å². The molecule has 1 fully saturated rings. The predicted molar refractivity (Wildman–Crippen MR) is 299 cm³/mol. The van der Waals surface area contributed by atoms with Crippen LogP contribution in [-0.4, -0.2) is 159 Å². The summed E-state index contributed by atoms with van der Waals surface area (Å²) < 4.78 is 11.9. The molecule has 5 amide bonds. The molecule has 1 unspecified atom stereocenters. The second-order valence-corrected chi connectivity index (χ2v) is 21.9. The summed E-state index contributed by atoms with van der Waals surface area (Å²) in [5.74, 6) is -2.28. The molecule has 0 saturated carbocycles. The molecule has 79 heavy (non-hydrogen) atoms. The number of aryl methyl sites for hydroxylation is 1. The number of anilines is 1. The Morgan fingerprint density at radius 2 is 1.61 bits per heavy atom. The average Bonchev–Trinajstić information content (AvgIpc) is 4.16. The molecule has 4 aromatic rings. The lowest BCUT2D eigenvalue weighted by molar-refractivity contribution is -0.138. The number of fused-ring (bicyclic) bond motifs is 2. The normalized spacial score (nSPS) is 13.5. The molecule has 2 aromatic heterocycles. The standard InChI is InChI=1S/C54H68N16O8S/c1-54(2,3)70-33-37(61-64-70)31-67(23-11-22-59-62-55)30-36-32-68(63-60-36)24-8-12-47(71)56-19-9-20-57-48(72)34-79-46-29-49(73)69(52(46)75)25-10-21-58-51(74)35-13-16-40(53(76)77)43(26-35)50-41-17-14-38(65(4)5)27-44(41)78-45-28-39(66(6)7)15-18-42(45)50/h13-18,26-28,32-33,46H,8-12,19-25,29-31,34H2,1-7H3,(H3-,56,57,58,71,72,74,76,77)/p+1. The minimum absolute atomic E-state index is 0.00785. The Balaban J connectivity index is 0.806. The van der Waals surface area contributed by atoms with Gasteiger partial charge in [-0.1, -0.05) is 15.5 Å². The summed E-state index contributed by atoms with van der Waals surface area (Å²) in [7, 11) is 7.66. The van der Waals surface area contributed by atoms with Crippen LogP contribution in [0, 0.1) is 0 Å². The molecular weight excluding hydrogens is 1030 g/mol. The van der Waals surface area contributed by atoms with Crippen LogP contribution in [0.4, 0.5) is 5.69 Å². The van der Waals surface area contributed by atoms with Gasteiger partial charge in [-0.15, -0.1) is 22.0 Å². The molecule has 4 N–H and O–H groups in total. The van der Waals surface area contributed by atoms with Gasteiger partial charge in [0.05, 0.1) is 45.8 Å². The topological polar surface area (TPSA) is 295 Å². The zero-order chi connectivity index (χ0) is 56.8. The number of carboxylic acid groups (broad SMARTS) is 1. The smallest absolute Gasteiger partial charge is 0.336 e. The molecular formula is C54H69N16O8S+. The molecule has 1 saturated heterocycles. The number of azide groups is 1. The Kier molecular flexibility index (Phi) is 20.0. The Labute approximate surface area is 461 Å². The number of hydrogen-bond donors (Lipinski definition) is 4. The number of hydrogen-bond acceptors (Lipinski definition) is 15. The summed E-state index contributed by atoms with van der Waals surface area (Å²) in [5.41, 5.74) is 13.3. The van der Waals surface area contributed by atoms with Gasteiger partial charge in [0, 0.05) is 130 Å². The lowest BCUT2D eigenvalue weighted by Gasteiger charge is -2.20. The minimum atomic E-state index is -1.16. The predicted octanol–water partition coefficient (Wildman–Crippen LogP) is 4.72. The number of nitrogens with one attached hydrogen (secondary N) is 3. The van der Waals surface area contributed by atoms with Gasteiger partial charge >= 0.3 is 5.97 Å². The number of carbonyl (C=O) groups excluding carboxylic acids is 5. The number of imide groups is 1. The molecule has 1 atom stereocenters. The molecule has 4 heterocycles. The molecule has 7 rings (SSSR count). The summed E-state index contributed by atoms with van der Waals surface area (Å²) >= 11 is 1.09. The molecule has 3 aliphatic rings. The molecule has 1 aliphatic carbocycles. The maximum atomic E-state index is 13.6. The van der Waals surface area contributed by atoms with Crippen molar-refractivity contribution in [3.8, 4) is 22.5 Å². The van der Waals surface area contributed by atoms with Crippen LogP contribution in [0.2, 0.25) is 0 Å². The Morgan fingerprint density at radius 3 is 2.32 bits per heavy atom. The monoisotopic (exact) mass is 1100 g/mol. The lowest BCUT2D eigenvalue weighted by Crippen LogP contribution is -2.35. The van der Waals surface area contributed by atoms with Crippen LogP contribution < -0.4 is 30.8 Å². The van der Waals surface area contributed by atoms with Crippen molar-refractivity contribution < 1.29 is 38.3 Å². The van der Waals surface area contributed by atoms with Crippen molar-refractivity contribution in [1.29, 1.82) is 0 Å². The summed E-state index contributed by atoms with van der Waals surface area (Å²) in [4.78, 5) is 85.8. The minimum Gasteiger partial charge on any atom is -0.478 e. The molecule has 24 nitrogen and oxygen atoms in total. The van der Waals surface area contributed by atoms with E-state index in [0.29, 0.717) is 98.5 Å². The van der Waals surface area contributed by atoms with Crippen LogP contribution in [0.15, 0.2) is 76.5 Å². The van der Waals surface area contributed by atoms with Crippen molar-refractivity contribution in [2.75, 3.05) is 78.1 Å². The van der Waals surface area contributed by atoms with Gasteiger partial charge in [-0.2, -0.15) is 0 Å². The van der Waals surface area contributed by atoms with Crippen LogP contribution >= 0.6 is 11.8 Å². The van der Waals surface area contributed by atoms with Crippen LogP contribution in [0.5, 0.6) is 0 Å². The van der Waals surface area contributed by atoms with E-state index >= 15 is 0 Å². The van der Waals surface area contributed by atoms with Gasteiger partial charge in [0.2, 0.25) is 29.0 Å². The highest BCUT2D eigenvalue weighted by molar-refractivity contribution is 8.01. The number of thioether (sulfide) groups is 1. The van der Waals surface area contributed by atoms with Crippen molar-refractivity contribution in [3.05, 3.63) is 105 Å². The Bertz CT molecular complexity index is 3280. The van der Waals surface area contributed by atoms with Crippen LogP contribution in [-0.2, 0) is 44.4 Å². The molecule has 0 spiro atoms. The number of rotatable bonds is 27. The molecule has 0 radical (unpaired) electrons. The number of benzene rings is 3. The molecule has 25 heteroatoms. The number of aromatic carboxylic acids is 1. The van der Waals surface area contributed by atoms with Gasteiger partial charge in [-0.3, -0.25) is 38.5 Å². The van der Waals surface area contributed by atoms with Crippen molar-refractivity contribution in [2.24, 2.45) is 5.11 Å². The van der Waals surface area contributed by atoms with E-state index in [0.717, 1.165) is 39.1 Å². The van der Waals surface area contributed by atoms with E-state index < -0.39 is 23.0 Å². The van der Waals surface area contributed by atoms with Crippen LogP contribution in [0.1, 0.15) is 91.4 Å². The Hall–Kier alpha value is -8.15. The van der Waals surface area contributed by atoms with E-state index in [2.05, 4.69) is 72.3 Å². The summed E-state index contributed by atoms with van der Waals surface area (Å²) in [6, 6.07) is 15.8. The SMILES string of the molecule is CN(C)c1ccc2c(-c3cc(C(=O)NCCCN4C(=O)CC(SCC(=O)NCCCNC(=O)CCCn5cc(CN(CCCN=[N+]=[N-])Cc6cn(C(C)(C)C)nn6)nn5)C4=O)ccc3C(=O)O)c3ccc(=[N+](C)C)cc-3oc2c1.